The van der Waals surface area contributed by atoms with Crippen LogP contribution in [0.2, 0.25) is 0 Å². The maximum atomic E-state index is 13.1. The summed E-state index contributed by atoms with van der Waals surface area (Å²) in [6, 6.07) is 12.9. The van der Waals surface area contributed by atoms with Crippen molar-refractivity contribution in [3.63, 3.8) is 0 Å². The van der Waals surface area contributed by atoms with E-state index < -0.39 is 15.8 Å². The molecule has 0 aromatic heterocycles. The zero-order valence-corrected chi connectivity index (χ0v) is 16.4. The van der Waals surface area contributed by atoms with Crippen molar-refractivity contribution < 1.29 is 17.5 Å². The fraction of sp³-hybridized carbons (Fsp3) is 0.400. The van der Waals surface area contributed by atoms with Crippen LogP contribution in [0.1, 0.15) is 24.4 Å². The second-order valence-corrected chi connectivity index (χ2v) is 8.67. The molecule has 5 nitrogen and oxygen atoms in total. The number of nitrogens with one attached hydrogen (secondary N) is 1. The molecule has 2 aromatic carbocycles. The fourth-order valence-corrected chi connectivity index (χ4v) is 4.81. The first kappa shape index (κ1) is 19.8. The van der Waals surface area contributed by atoms with E-state index in [1.165, 1.54) is 12.1 Å². The van der Waals surface area contributed by atoms with Gasteiger partial charge in [0.05, 0.1) is 12.0 Å². The normalized spacial score (nSPS) is 21.1. The predicted octanol–water partition coefficient (Wildman–Crippen LogP) is 3.20. The van der Waals surface area contributed by atoms with E-state index in [4.69, 9.17) is 4.74 Å². The van der Waals surface area contributed by atoms with Gasteiger partial charge >= 0.3 is 0 Å². The van der Waals surface area contributed by atoms with Crippen molar-refractivity contribution in [3.8, 4) is 5.75 Å². The molecule has 0 radical (unpaired) electrons. The number of piperidine rings is 1. The van der Waals surface area contributed by atoms with Gasteiger partial charge < -0.3 is 4.74 Å². The molecule has 1 aliphatic rings. The first-order valence-corrected chi connectivity index (χ1v) is 10.5. The lowest BCUT2D eigenvalue weighted by atomic mass is 9.85. The highest BCUT2D eigenvalue weighted by molar-refractivity contribution is 7.89. The topological polar surface area (TPSA) is 58.6 Å². The van der Waals surface area contributed by atoms with Gasteiger partial charge in [-0.1, -0.05) is 12.1 Å². The molecule has 0 spiro atoms. The molecule has 1 aliphatic heterocycles. The SMILES string of the molecule is COc1ccc(C2C(CNS(=O)(=O)c3ccc(F)cc3)CCCN2C)cc1. The molecular formula is C20H25FN2O3S. The lowest BCUT2D eigenvalue weighted by molar-refractivity contribution is 0.123. The van der Waals surface area contributed by atoms with Gasteiger partial charge in [-0.15, -0.1) is 0 Å². The fourth-order valence-electron chi connectivity index (χ4n) is 3.71. The number of hydrogen-bond donors (Lipinski definition) is 1. The molecule has 2 unspecified atom stereocenters. The van der Waals surface area contributed by atoms with Crippen molar-refractivity contribution in [1.82, 2.24) is 9.62 Å². The zero-order valence-electron chi connectivity index (χ0n) is 15.6. The summed E-state index contributed by atoms with van der Waals surface area (Å²) in [6.07, 6.45) is 1.96. The molecule has 0 aliphatic carbocycles. The number of rotatable bonds is 6. The van der Waals surface area contributed by atoms with E-state index in [0.717, 1.165) is 42.8 Å². The van der Waals surface area contributed by atoms with E-state index >= 15 is 0 Å². The number of benzene rings is 2. The molecule has 1 heterocycles. The Kier molecular flexibility index (Phi) is 6.14. The van der Waals surface area contributed by atoms with Crippen LogP contribution < -0.4 is 9.46 Å². The minimum absolute atomic E-state index is 0.0778. The molecule has 146 valence electrons. The number of hydrogen-bond acceptors (Lipinski definition) is 4. The van der Waals surface area contributed by atoms with Gasteiger partial charge in [0, 0.05) is 12.6 Å². The van der Waals surface area contributed by atoms with Crippen LogP contribution >= 0.6 is 0 Å². The lowest BCUT2D eigenvalue weighted by Crippen LogP contribution is -2.41. The van der Waals surface area contributed by atoms with Crippen molar-refractivity contribution in [2.75, 3.05) is 27.2 Å². The van der Waals surface area contributed by atoms with Gasteiger partial charge in [-0.05, 0) is 74.3 Å². The van der Waals surface area contributed by atoms with Crippen LogP contribution in [-0.4, -0.2) is 40.6 Å². The summed E-state index contributed by atoms with van der Waals surface area (Å²) in [5.74, 6) is 0.487. The molecule has 1 saturated heterocycles. The monoisotopic (exact) mass is 392 g/mol. The van der Waals surface area contributed by atoms with Gasteiger partial charge in [0.25, 0.3) is 0 Å². The maximum Gasteiger partial charge on any atom is 0.240 e. The van der Waals surface area contributed by atoms with Gasteiger partial charge in [-0.2, -0.15) is 0 Å². The first-order chi connectivity index (χ1) is 12.9. The Morgan fingerprint density at radius 2 is 1.81 bits per heavy atom. The van der Waals surface area contributed by atoms with Gasteiger partial charge in [-0.25, -0.2) is 17.5 Å². The molecule has 27 heavy (non-hydrogen) atoms. The third-order valence-electron chi connectivity index (χ3n) is 5.12. The second-order valence-electron chi connectivity index (χ2n) is 6.91. The summed E-state index contributed by atoms with van der Waals surface area (Å²) in [6.45, 7) is 1.30. The average molecular weight is 392 g/mol. The molecule has 0 saturated carbocycles. The van der Waals surface area contributed by atoms with E-state index in [1.807, 2.05) is 24.3 Å². The number of ether oxygens (including phenoxy) is 1. The van der Waals surface area contributed by atoms with Crippen molar-refractivity contribution in [2.45, 2.75) is 23.8 Å². The maximum absolute atomic E-state index is 13.1. The highest BCUT2D eigenvalue weighted by Gasteiger charge is 2.31. The van der Waals surface area contributed by atoms with E-state index in [9.17, 15) is 12.8 Å². The first-order valence-electron chi connectivity index (χ1n) is 9.00. The van der Waals surface area contributed by atoms with Crippen LogP contribution in [-0.2, 0) is 10.0 Å². The third kappa shape index (κ3) is 4.66. The number of halogens is 1. The van der Waals surface area contributed by atoms with Crippen LogP contribution in [0.5, 0.6) is 5.75 Å². The molecular weight excluding hydrogens is 367 g/mol. The smallest absolute Gasteiger partial charge is 0.240 e. The Hall–Kier alpha value is -1.96. The highest BCUT2D eigenvalue weighted by atomic mass is 32.2. The summed E-state index contributed by atoms with van der Waals surface area (Å²) in [5, 5.41) is 0. The molecule has 2 atom stereocenters. The number of methoxy groups -OCH3 is 1. The molecule has 7 heteroatoms. The lowest BCUT2D eigenvalue weighted by Gasteiger charge is -2.39. The van der Waals surface area contributed by atoms with E-state index in [-0.39, 0.29) is 16.9 Å². The summed E-state index contributed by atoms with van der Waals surface area (Å²) < 4.78 is 46.1. The average Bonchev–Trinajstić information content (AvgIpc) is 2.67. The number of likely N-dealkylation sites (tertiary alicyclic amines) is 1. The third-order valence-corrected chi connectivity index (χ3v) is 6.56. The van der Waals surface area contributed by atoms with Crippen LogP contribution in [0, 0.1) is 11.7 Å². The summed E-state index contributed by atoms with van der Waals surface area (Å²) in [7, 11) is 0.0333. The van der Waals surface area contributed by atoms with Crippen molar-refractivity contribution in [2.24, 2.45) is 5.92 Å². The summed E-state index contributed by atoms with van der Waals surface area (Å²) in [5.41, 5.74) is 1.14. The van der Waals surface area contributed by atoms with Crippen molar-refractivity contribution in [3.05, 3.63) is 59.9 Å². The highest BCUT2D eigenvalue weighted by Crippen LogP contribution is 2.35. The number of nitrogens with zero attached hydrogens (tertiary/aromatic N) is 1. The van der Waals surface area contributed by atoms with E-state index in [0.29, 0.717) is 6.54 Å². The molecule has 2 aromatic rings. The van der Waals surface area contributed by atoms with E-state index in [1.54, 1.807) is 7.11 Å². The quantitative estimate of drug-likeness (QED) is 0.820. The summed E-state index contributed by atoms with van der Waals surface area (Å²) in [4.78, 5) is 2.34. The molecule has 0 amide bonds. The van der Waals surface area contributed by atoms with Crippen LogP contribution in [0.25, 0.3) is 0 Å². The van der Waals surface area contributed by atoms with Gasteiger partial charge in [0.2, 0.25) is 10.0 Å². The molecule has 1 fully saturated rings. The summed E-state index contributed by atoms with van der Waals surface area (Å²) >= 11 is 0. The standard InChI is InChI=1S/C20H25FN2O3S/c1-23-13-3-4-16(20(23)15-5-9-18(26-2)10-6-15)14-22-27(24,25)19-11-7-17(21)8-12-19/h5-12,16,20,22H,3-4,13-14H2,1-2H3. The molecule has 3 rings (SSSR count). The Labute approximate surface area is 160 Å². The van der Waals surface area contributed by atoms with Gasteiger partial charge in [0.1, 0.15) is 11.6 Å². The van der Waals surface area contributed by atoms with Gasteiger partial charge in [0.15, 0.2) is 0 Å². The van der Waals surface area contributed by atoms with Crippen LogP contribution in [0.15, 0.2) is 53.4 Å². The number of sulfonamides is 1. The van der Waals surface area contributed by atoms with Crippen molar-refractivity contribution in [1.29, 1.82) is 0 Å². The Morgan fingerprint density at radius 1 is 1.15 bits per heavy atom. The Balaban J connectivity index is 1.75. The molecule has 0 bridgehead atoms. The zero-order chi connectivity index (χ0) is 19.4. The van der Waals surface area contributed by atoms with Crippen LogP contribution in [0.3, 0.4) is 0 Å². The van der Waals surface area contributed by atoms with E-state index in [2.05, 4.69) is 16.7 Å². The predicted molar refractivity (Wildman–Crippen MR) is 103 cm³/mol. The minimum Gasteiger partial charge on any atom is -0.497 e. The van der Waals surface area contributed by atoms with Crippen LogP contribution in [0.4, 0.5) is 4.39 Å². The van der Waals surface area contributed by atoms with Gasteiger partial charge in [-0.3, -0.25) is 4.90 Å². The Morgan fingerprint density at radius 3 is 2.44 bits per heavy atom. The largest absolute Gasteiger partial charge is 0.497 e. The second kappa shape index (κ2) is 8.37. The van der Waals surface area contributed by atoms with Crippen molar-refractivity contribution >= 4 is 10.0 Å². The minimum atomic E-state index is -3.67. The Bertz CT molecular complexity index is 854. The molecule has 1 N–H and O–H groups in total.